The smallest absolute Gasteiger partial charge is 0.494 e. The monoisotopic (exact) mass is 1080 g/mol. The third-order valence-corrected chi connectivity index (χ3v) is 15.0. The van der Waals surface area contributed by atoms with Gasteiger partial charge in [0, 0.05) is 30.7 Å². The van der Waals surface area contributed by atoms with Crippen LogP contribution < -0.4 is 9.47 Å². The van der Waals surface area contributed by atoms with E-state index in [1.54, 1.807) is 6.92 Å². The van der Waals surface area contributed by atoms with E-state index in [0.717, 1.165) is 77.6 Å². The second-order valence-electron chi connectivity index (χ2n) is 16.2. The Labute approximate surface area is 402 Å². The highest BCUT2D eigenvalue weighted by Crippen LogP contribution is 2.42. The summed E-state index contributed by atoms with van der Waals surface area (Å²) in [7, 11) is -2.73. The Bertz CT molecular complexity index is 2950. The van der Waals surface area contributed by atoms with Gasteiger partial charge in [0.2, 0.25) is 0 Å². The number of unbranched alkanes of at least 4 members (excludes halogenated alkanes) is 5. The molecule has 0 saturated heterocycles. The molecule has 0 N–H and O–H groups in total. The maximum atomic E-state index is 14.7. The molecule has 0 bridgehead atoms. The van der Waals surface area contributed by atoms with E-state index in [1.165, 1.54) is 50.7 Å². The summed E-state index contributed by atoms with van der Waals surface area (Å²) in [5.74, 6) is 3.92. The van der Waals surface area contributed by atoms with Crippen molar-refractivity contribution in [2.75, 3.05) is 19.8 Å². The molecule has 1 aliphatic rings. The largest absolute Gasteiger partial charge is 0.677 e. The Morgan fingerprint density at radius 1 is 0.734 bits per heavy atom. The first-order chi connectivity index (χ1) is 31.1. The maximum Gasteiger partial charge on any atom is 0.677 e. The van der Waals surface area contributed by atoms with E-state index >= 15 is 0 Å². The molecule has 0 unspecified atom stereocenters. The Balaban J connectivity index is 0.814. The zero-order valence-electron chi connectivity index (χ0n) is 36.3. The number of nitrogens with zero attached hydrogens (tertiary/aromatic N) is 2. The number of hydrogen-bond donors (Lipinski definition) is 0. The summed E-state index contributed by atoms with van der Waals surface area (Å²) in [6.07, 6.45) is 16.1. The van der Waals surface area contributed by atoms with E-state index in [-0.39, 0.29) is 6.61 Å². The van der Waals surface area contributed by atoms with Gasteiger partial charge in [-0.3, -0.25) is 8.63 Å². The first-order valence-corrected chi connectivity index (χ1v) is 24.0. The lowest BCUT2D eigenvalue weighted by molar-refractivity contribution is 0.117. The number of aromatic nitrogens is 1. The van der Waals surface area contributed by atoms with Crippen LogP contribution in [0, 0.1) is 29.8 Å². The summed E-state index contributed by atoms with van der Waals surface area (Å²) in [5, 5.41) is 7.86. The maximum absolute atomic E-state index is 14.7. The van der Waals surface area contributed by atoms with Crippen LogP contribution in [0.3, 0.4) is 0 Å². The molecule has 0 aliphatic carbocycles. The fourth-order valence-electron chi connectivity index (χ4n) is 8.67. The van der Waals surface area contributed by atoms with Gasteiger partial charge in [-0.1, -0.05) is 117 Å². The SMILES string of the molecule is C#CCOc1ccc(/C(=C2N=C(/C=C/c3ccc(OCCCCCCCCOCc4ccc5ccc6cccc7ccc4c5c67)cc3)C(I)=C/2C)c2c(C)c(I)c(C)n2B(F)F)cc1. The number of terminal acetylenes is 1. The average Bonchev–Trinajstić information content (AvgIpc) is 3.71. The van der Waals surface area contributed by atoms with Gasteiger partial charge in [0.25, 0.3) is 0 Å². The van der Waals surface area contributed by atoms with Crippen LogP contribution in [0.4, 0.5) is 8.63 Å². The minimum atomic E-state index is -2.73. The van der Waals surface area contributed by atoms with Crippen LogP contribution in [0.1, 0.15) is 79.1 Å². The van der Waals surface area contributed by atoms with Gasteiger partial charge in [-0.25, -0.2) is 4.99 Å². The van der Waals surface area contributed by atoms with Gasteiger partial charge >= 0.3 is 7.40 Å². The highest BCUT2D eigenvalue weighted by Gasteiger charge is 2.32. The molecule has 10 heteroatoms. The van der Waals surface area contributed by atoms with Gasteiger partial charge < -0.3 is 18.7 Å². The Morgan fingerprint density at radius 2 is 1.36 bits per heavy atom. The molecule has 1 aliphatic heterocycles. The lowest BCUT2D eigenvalue weighted by Gasteiger charge is -2.17. The standard InChI is InChI=1S/C54H49BF2I2N2O3/c1-5-31-63-45-27-22-42(23-28-45)50(54-36(3)51(58)37(4)61(54)55(56)57)53-35(2)52(59)47(60-53)30-17-38-15-25-44(26-16-38)64-33-11-9-7-6-8-10-32-62-34-43-21-20-41-19-18-39-13-12-14-40-24-29-46(43)49(41)48(39)40/h1,12-30H,6-11,31-34H2,2-4H3/b30-17+,53-50-. The molecule has 6 aromatic carbocycles. The fraction of sp³-hybridized carbons (Fsp3) is 0.241. The topological polar surface area (TPSA) is 45.0 Å². The summed E-state index contributed by atoms with van der Waals surface area (Å²) < 4.78 is 50.2. The van der Waals surface area contributed by atoms with Gasteiger partial charge in [0.1, 0.15) is 18.1 Å². The molecule has 64 heavy (non-hydrogen) atoms. The molecule has 324 valence electrons. The minimum absolute atomic E-state index is 0.138. The number of halogens is 4. The van der Waals surface area contributed by atoms with Crippen LogP contribution >= 0.6 is 45.2 Å². The highest BCUT2D eigenvalue weighted by atomic mass is 127. The van der Waals surface area contributed by atoms with Crippen molar-refractivity contribution in [3.05, 3.63) is 161 Å². The molecule has 8 rings (SSSR count). The zero-order chi connectivity index (χ0) is 44.7. The summed E-state index contributed by atoms with van der Waals surface area (Å²) in [6.45, 7) is 7.85. The summed E-state index contributed by atoms with van der Waals surface area (Å²) in [4.78, 5) is 5.09. The number of benzene rings is 6. The van der Waals surface area contributed by atoms with E-state index in [1.807, 2.05) is 74.5 Å². The highest BCUT2D eigenvalue weighted by molar-refractivity contribution is 14.1. The molecule has 5 nitrogen and oxygen atoms in total. The molecule has 0 fully saturated rings. The molecule has 2 heterocycles. The van der Waals surface area contributed by atoms with Crippen LogP contribution in [0.25, 0.3) is 44.0 Å². The number of allylic oxidation sites excluding steroid dienone is 3. The molecule has 0 spiro atoms. The summed E-state index contributed by atoms with van der Waals surface area (Å²) in [5.41, 5.74) is 7.75. The molecule has 7 aromatic rings. The summed E-state index contributed by atoms with van der Waals surface area (Å²) >= 11 is 4.46. The van der Waals surface area contributed by atoms with Crippen molar-refractivity contribution < 1.29 is 22.8 Å². The van der Waals surface area contributed by atoms with E-state index < -0.39 is 7.40 Å². The predicted octanol–water partition coefficient (Wildman–Crippen LogP) is 15.0. The summed E-state index contributed by atoms with van der Waals surface area (Å²) in [6, 6.07) is 35.3. The Hall–Kier alpha value is -4.97. The van der Waals surface area contributed by atoms with Gasteiger partial charge in [-0.2, -0.15) is 0 Å². The zero-order valence-corrected chi connectivity index (χ0v) is 40.6. The van der Waals surface area contributed by atoms with Crippen LogP contribution in [0.2, 0.25) is 0 Å². The van der Waals surface area contributed by atoms with E-state index in [9.17, 15) is 8.63 Å². The normalized spacial score (nSPS) is 13.8. The van der Waals surface area contributed by atoms with Crippen LogP contribution in [-0.2, 0) is 11.3 Å². The van der Waals surface area contributed by atoms with Gasteiger partial charge in [-0.05, 0) is 169 Å². The van der Waals surface area contributed by atoms with Crippen LogP contribution in [-0.4, -0.2) is 37.4 Å². The minimum Gasteiger partial charge on any atom is -0.494 e. The molecule has 0 radical (unpaired) electrons. The second kappa shape index (κ2) is 20.9. The predicted molar refractivity (Wildman–Crippen MR) is 279 cm³/mol. The number of hydrogen-bond acceptors (Lipinski definition) is 4. The van der Waals surface area contributed by atoms with E-state index in [0.29, 0.717) is 41.6 Å². The molecular formula is C54H49BF2I2N2O3. The van der Waals surface area contributed by atoms with Crippen LogP contribution in [0.5, 0.6) is 11.5 Å². The van der Waals surface area contributed by atoms with Crippen molar-refractivity contribution in [3.63, 3.8) is 0 Å². The molecule has 0 atom stereocenters. The number of rotatable bonds is 19. The number of aliphatic imine (C=N–C) groups is 1. The molecule has 1 aromatic heterocycles. The van der Waals surface area contributed by atoms with Gasteiger partial charge in [0.15, 0.2) is 0 Å². The Kier molecular flexibility index (Phi) is 14.9. The lowest BCUT2D eigenvalue weighted by Crippen LogP contribution is -2.18. The number of ether oxygens (including phenoxy) is 3. The van der Waals surface area contributed by atoms with E-state index in [2.05, 4.69) is 106 Å². The van der Waals surface area contributed by atoms with Crippen molar-refractivity contribution in [3.8, 4) is 23.8 Å². The van der Waals surface area contributed by atoms with Crippen molar-refractivity contribution in [1.29, 1.82) is 0 Å². The molecular weight excluding hydrogens is 1030 g/mol. The molecule has 0 saturated carbocycles. The van der Waals surface area contributed by atoms with Gasteiger partial charge in [0.05, 0.1) is 24.6 Å². The fourth-order valence-corrected chi connectivity index (χ4v) is 9.74. The average molecular weight is 1080 g/mol. The van der Waals surface area contributed by atoms with E-state index in [4.69, 9.17) is 25.6 Å². The van der Waals surface area contributed by atoms with Crippen molar-refractivity contribution in [2.24, 2.45) is 4.99 Å². The lowest BCUT2D eigenvalue weighted by atomic mass is 9.92. The third-order valence-electron chi connectivity index (χ3n) is 12.0. The van der Waals surface area contributed by atoms with Crippen molar-refractivity contribution >= 4 is 102 Å². The second-order valence-corrected chi connectivity index (χ2v) is 18.4. The van der Waals surface area contributed by atoms with Crippen LogP contribution in [0.15, 0.2) is 129 Å². The quantitative estimate of drug-likeness (QED) is 0.0267. The Morgan fingerprint density at radius 3 is 2.06 bits per heavy atom. The first-order valence-electron chi connectivity index (χ1n) is 21.8. The van der Waals surface area contributed by atoms with Gasteiger partial charge in [-0.15, -0.1) is 6.42 Å². The first kappa shape index (κ1) is 45.6. The van der Waals surface area contributed by atoms with Crippen molar-refractivity contribution in [2.45, 2.75) is 65.9 Å². The molecule has 0 amide bonds. The van der Waals surface area contributed by atoms with Crippen molar-refractivity contribution in [1.82, 2.24) is 4.48 Å². The third kappa shape index (κ3) is 9.82.